The van der Waals surface area contributed by atoms with Crippen molar-refractivity contribution in [3.8, 4) is 0 Å². The van der Waals surface area contributed by atoms with Crippen LogP contribution in [0.1, 0.15) is 25.7 Å². The molecule has 0 saturated carbocycles. The Balaban J connectivity index is 1.54. The van der Waals surface area contributed by atoms with Crippen LogP contribution in [0.5, 0.6) is 0 Å². The van der Waals surface area contributed by atoms with E-state index < -0.39 is 0 Å². The van der Waals surface area contributed by atoms with Gasteiger partial charge in [0.15, 0.2) is 0 Å². The van der Waals surface area contributed by atoms with Gasteiger partial charge in [0.25, 0.3) is 0 Å². The Hall–Kier alpha value is -2.46. The van der Waals surface area contributed by atoms with E-state index in [1.807, 2.05) is 0 Å². The van der Waals surface area contributed by atoms with Crippen LogP contribution >= 0.6 is 0 Å². The van der Waals surface area contributed by atoms with Gasteiger partial charge in [0.1, 0.15) is 0 Å². The zero-order valence-electron chi connectivity index (χ0n) is 13.5. The number of nitrogens with zero attached hydrogens (tertiary/aromatic N) is 2. The molecular formula is C20H20N4. The van der Waals surface area contributed by atoms with E-state index in [9.17, 15) is 0 Å². The van der Waals surface area contributed by atoms with Crippen molar-refractivity contribution in [2.75, 3.05) is 0 Å². The number of allylic oxidation sites excluding steroid dienone is 8. The topological polar surface area (TPSA) is 48.8 Å². The highest BCUT2D eigenvalue weighted by molar-refractivity contribution is 6.08. The lowest BCUT2D eigenvalue weighted by molar-refractivity contribution is 0.666. The second kappa shape index (κ2) is 5.56. The summed E-state index contributed by atoms with van der Waals surface area (Å²) >= 11 is 0. The van der Waals surface area contributed by atoms with Crippen LogP contribution in [0, 0.1) is 0 Å². The first-order valence-corrected chi connectivity index (χ1v) is 8.72. The van der Waals surface area contributed by atoms with Crippen molar-refractivity contribution in [1.82, 2.24) is 10.6 Å². The highest BCUT2D eigenvalue weighted by Crippen LogP contribution is 2.24. The van der Waals surface area contributed by atoms with Crippen LogP contribution in [0.15, 0.2) is 81.4 Å². The van der Waals surface area contributed by atoms with Crippen LogP contribution in [-0.4, -0.2) is 23.5 Å². The largest absolute Gasteiger partial charge is 0.362 e. The fourth-order valence-electron chi connectivity index (χ4n) is 3.79. The predicted octanol–water partition coefficient (Wildman–Crippen LogP) is 3.06. The first-order valence-electron chi connectivity index (χ1n) is 8.72. The minimum absolute atomic E-state index is 0.389. The minimum Gasteiger partial charge on any atom is -0.362 e. The van der Waals surface area contributed by atoms with E-state index in [0.29, 0.717) is 12.1 Å². The minimum atomic E-state index is 0.389. The molecule has 5 heterocycles. The van der Waals surface area contributed by atoms with Crippen molar-refractivity contribution >= 4 is 11.4 Å². The fourth-order valence-corrected chi connectivity index (χ4v) is 3.79. The molecule has 0 aliphatic carbocycles. The van der Waals surface area contributed by atoms with E-state index in [2.05, 4.69) is 59.2 Å². The van der Waals surface area contributed by atoms with Gasteiger partial charge in [0.2, 0.25) is 0 Å². The van der Waals surface area contributed by atoms with Gasteiger partial charge in [0.05, 0.1) is 22.8 Å². The maximum atomic E-state index is 4.73. The van der Waals surface area contributed by atoms with Gasteiger partial charge < -0.3 is 10.6 Å². The maximum absolute atomic E-state index is 4.73. The third-order valence-corrected chi connectivity index (χ3v) is 4.96. The molecule has 2 fully saturated rings. The van der Waals surface area contributed by atoms with E-state index in [0.717, 1.165) is 48.5 Å². The molecule has 2 unspecified atom stereocenters. The second-order valence-corrected chi connectivity index (χ2v) is 6.84. The molecule has 0 aromatic carbocycles. The summed E-state index contributed by atoms with van der Waals surface area (Å²) in [7, 11) is 0. The Morgan fingerprint density at radius 1 is 0.750 bits per heavy atom. The van der Waals surface area contributed by atoms with Crippen molar-refractivity contribution in [3.63, 3.8) is 0 Å². The summed E-state index contributed by atoms with van der Waals surface area (Å²) in [4.78, 5) is 9.46. The number of hydrogen-bond acceptors (Lipinski definition) is 4. The highest BCUT2D eigenvalue weighted by atomic mass is 15.0. The molecule has 0 aromatic rings. The van der Waals surface area contributed by atoms with Crippen molar-refractivity contribution < 1.29 is 0 Å². The SMILES string of the molecule is C1=C/C2=C/C3CCC(/C=C4/C=CC(=N4)/C=C4/CC/C(=C/C1=N2)N4)N3. The summed E-state index contributed by atoms with van der Waals surface area (Å²) in [5.41, 5.74) is 6.66. The van der Waals surface area contributed by atoms with Crippen molar-refractivity contribution in [2.45, 2.75) is 37.8 Å². The van der Waals surface area contributed by atoms with Crippen LogP contribution in [0.25, 0.3) is 0 Å². The summed E-state index contributed by atoms with van der Waals surface area (Å²) in [6.07, 6.45) is 21.6. The average Bonchev–Trinajstić information content (AvgIpc) is 3.32. The monoisotopic (exact) mass is 316 g/mol. The molecule has 4 nitrogen and oxygen atoms in total. The zero-order chi connectivity index (χ0) is 15.9. The quantitative estimate of drug-likeness (QED) is 0.721. The molecule has 2 atom stereocenters. The molecule has 5 aliphatic rings. The van der Waals surface area contributed by atoms with Gasteiger partial charge in [0, 0.05) is 23.5 Å². The van der Waals surface area contributed by atoms with E-state index >= 15 is 0 Å². The lowest BCUT2D eigenvalue weighted by Crippen LogP contribution is -2.26. The molecule has 5 aliphatic heterocycles. The van der Waals surface area contributed by atoms with Crippen LogP contribution in [0.4, 0.5) is 0 Å². The van der Waals surface area contributed by atoms with Gasteiger partial charge in [-0.15, -0.1) is 0 Å². The number of hydrogen-bond donors (Lipinski definition) is 2. The second-order valence-electron chi connectivity index (χ2n) is 6.84. The Bertz CT molecular complexity index is 762. The molecule has 0 aromatic heterocycles. The van der Waals surface area contributed by atoms with Gasteiger partial charge in [-0.2, -0.15) is 0 Å². The van der Waals surface area contributed by atoms with Crippen LogP contribution < -0.4 is 10.6 Å². The zero-order valence-corrected chi connectivity index (χ0v) is 13.5. The standard InChI is InChI=1S/C20H20N4/c1-2-14-10-16-5-6-18(23-16)12-20-8-7-19(24-20)11-17-4-3-15(22-17)9-13(1)21-14/h1-2,7-12,15,17,22-23H,3-6H2/b13-9-,16-10-,18-12-,19-11-. The van der Waals surface area contributed by atoms with E-state index in [4.69, 9.17) is 9.98 Å². The molecule has 8 bridgehead atoms. The summed E-state index contributed by atoms with van der Waals surface area (Å²) in [6.45, 7) is 0. The van der Waals surface area contributed by atoms with Crippen molar-refractivity contribution in [2.24, 2.45) is 9.98 Å². The Morgan fingerprint density at radius 2 is 1.29 bits per heavy atom. The van der Waals surface area contributed by atoms with Crippen molar-refractivity contribution in [1.29, 1.82) is 0 Å². The third-order valence-electron chi connectivity index (χ3n) is 4.96. The molecule has 0 spiro atoms. The van der Waals surface area contributed by atoms with E-state index in [-0.39, 0.29) is 0 Å². The molecule has 2 N–H and O–H groups in total. The molecular weight excluding hydrogens is 296 g/mol. The van der Waals surface area contributed by atoms with E-state index in [1.54, 1.807) is 0 Å². The van der Waals surface area contributed by atoms with E-state index in [1.165, 1.54) is 11.4 Å². The van der Waals surface area contributed by atoms with Gasteiger partial charge in [-0.3, -0.25) is 0 Å². The number of aliphatic imine (C=N–C) groups is 2. The third kappa shape index (κ3) is 2.74. The molecule has 24 heavy (non-hydrogen) atoms. The number of fused-ring (bicyclic) bond motifs is 6. The molecule has 0 radical (unpaired) electrons. The summed E-state index contributed by atoms with van der Waals surface area (Å²) in [6, 6.07) is 0.778. The summed E-state index contributed by atoms with van der Waals surface area (Å²) in [5, 5.41) is 7.18. The number of nitrogens with one attached hydrogen (secondary N) is 2. The lowest BCUT2D eigenvalue weighted by Gasteiger charge is -2.08. The maximum Gasteiger partial charge on any atom is 0.0654 e. The molecule has 0 amide bonds. The number of rotatable bonds is 0. The smallest absolute Gasteiger partial charge is 0.0654 e. The first-order chi connectivity index (χ1) is 11.8. The van der Waals surface area contributed by atoms with Gasteiger partial charge in [-0.05, 0) is 74.3 Å². The lowest BCUT2D eigenvalue weighted by atomic mass is 10.1. The Kier molecular flexibility index (Phi) is 3.23. The van der Waals surface area contributed by atoms with Gasteiger partial charge >= 0.3 is 0 Å². The average molecular weight is 316 g/mol. The van der Waals surface area contributed by atoms with Crippen LogP contribution in [0.2, 0.25) is 0 Å². The predicted molar refractivity (Wildman–Crippen MR) is 97.8 cm³/mol. The van der Waals surface area contributed by atoms with Crippen molar-refractivity contribution in [3.05, 3.63) is 71.4 Å². The molecule has 4 heteroatoms. The molecule has 120 valence electrons. The van der Waals surface area contributed by atoms with Crippen LogP contribution in [-0.2, 0) is 0 Å². The Morgan fingerprint density at radius 3 is 1.83 bits per heavy atom. The summed E-state index contributed by atoms with van der Waals surface area (Å²) in [5.74, 6) is 0. The normalized spacial score (nSPS) is 39.0. The van der Waals surface area contributed by atoms with Gasteiger partial charge in [-0.25, -0.2) is 9.98 Å². The summed E-state index contributed by atoms with van der Waals surface area (Å²) < 4.78 is 0. The van der Waals surface area contributed by atoms with Gasteiger partial charge in [-0.1, -0.05) is 0 Å². The Labute approximate surface area is 141 Å². The van der Waals surface area contributed by atoms with Crippen LogP contribution in [0.3, 0.4) is 0 Å². The molecule has 2 saturated heterocycles. The molecule has 5 rings (SSSR count). The fraction of sp³-hybridized carbons (Fsp3) is 0.300. The first kappa shape index (κ1) is 13.9. The highest BCUT2D eigenvalue weighted by Gasteiger charge is 2.22.